The van der Waals surface area contributed by atoms with E-state index in [4.69, 9.17) is 8.85 Å². The van der Waals surface area contributed by atoms with Crippen LogP contribution in [0.3, 0.4) is 0 Å². The number of rotatable bonds is 13. The van der Waals surface area contributed by atoms with Gasteiger partial charge in [0.25, 0.3) is 5.69 Å². The first-order valence-electron chi connectivity index (χ1n) is 11.3. The second-order valence-electron chi connectivity index (χ2n) is 7.82. The van der Waals surface area contributed by atoms with Gasteiger partial charge in [-0.15, -0.1) is 0 Å². The molecule has 0 saturated heterocycles. The standard InChI is InChI=1S/C26H31NO4Si/c1-2-3-4-5-6-13-22-30-32(25-14-9-7-10-15-25,26-16-11-8-12-17-26)31-24-20-18-23(19-21-24)27(28)29/h7-12,14-21H,2-6,13,22H2,1H3. The minimum atomic E-state index is -3.08. The fraction of sp³-hybridized carbons (Fsp3) is 0.308. The summed E-state index contributed by atoms with van der Waals surface area (Å²) >= 11 is 0. The predicted molar refractivity (Wildman–Crippen MR) is 131 cm³/mol. The van der Waals surface area contributed by atoms with Gasteiger partial charge < -0.3 is 8.85 Å². The normalized spacial score (nSPS) is 11.3. The Labute approximate surface area is 191 Å². The lowest BCUT2D eigenvalue weighted by molar-refractivity contribution is -0.384. The molecule has 0 aliphatic carbocycles. The van der Waals surface area contributed by atoms with E-state index in [-0.39, 0.29) is 5.69 Å². The monoisotopic (exact) mass is 449 g/mol. The summed E-state index contributed by atoms with van der Waals surface area (Å²) in [6.07, 6.45) is 7.09. The largest absolute Gasteiger partial charge is 0.514 e. The summed E-state index contributed by atoms with van der Waals surface area (Å²) in [4.78, 5) is 10.7. The highest BCUT2D eigenvalue weighted by atomic mass is 28.4. The summed E-state index contributed by atoms with van der Waals surface area (Å²) in [5.41, 5.74) is 0.0389. The zero-order chi connectivity index (χ0) is 22.7. The highest BCUT2D eigenvalue weighted by Gasteiger charge is 2.45. The molecule has 0 amide bonds. The zero-order valence-electron chi connectivity index (χ0n) is 18.6. The lowest BCUT2D eigenvalue weighted by atomic mass is 10.1. The Morgan fingerprint density at radius 1 is 0.750 bits per heavy atom. The summed E-state index contributed by atoms with van der Waals surface area (Å²) in [5.74, 6) is 0.568. The van der Waals surface area contributed by atoms with Gasteiger partial charge in [0.15, 0.2) is 0 Å². The molecule has 0 spiro atoms. The number of nitro groups is 1. The molecule has 5 nitrogen and oxygen atoms in total. The topological polar surface area (TPSA) is 61.6 Å². The summed E-state index contributed by atoms with van der Waals surface area (Å²) in [6.45, 7) is 2.83. The Hall–Kier alpha value is -2.96. The molecule has 0 bridgehead atoms. The van der Waals surface area contributed by atoms with Crippen LogP contribution in [0.4, 0.5) is 5.69 Å². The smallest absolute Gasteiger partial charge is 0.468 e. The summed E-state index contributed by atoms with van der Waals surface area (Å²) in [6, 6.07) is 26.4. The molecule has 3 rings (SSSR count). The number of non-ortho nitro benzene ring substituents is 1. The third-order valence-corrected chi connectivity index (χ3v) is 8.74. The van der Waals surface area contributed by atoms with Crippen molar-refractivity contribution in [1.29, 1.82) is 0 Å². The van der Waals surface area contributed by atoms with Crippen molar-refractivity contribution in [1.82, 2.24) is 0 Å². The van der Waals surface area contributed by atoms with Crippen molar-refractivity contribution in [2.45, 2.75) is 45.4 Å². The van der Waals surface area contributed by atoms with Gasteiger partial charge in [0.2, 0.25) is 0 Å². The van der Waals surface area contributed by atoms with Crippen LogP contribution in [-0.2, 0) is 4.43 Å². The van der Waals surface area contributed by atoms with E-state index in [2.05, 4.69) is 6.92 Å². The molecule has 0 aromatic heterocycles. The van der Waals surface area contributed by atoms with Gasteiger partial charge in [-0.2, -0.15) is 0 Å². The van der Waals surface area contributed by atoms with Gasteiger partial charge in [0, 0.05) is 29.1 Å². The molecule has 3 aromatic rings. The van der Waals surface area contributed by atoms with Crippen molar-refractivity contribution in [3.05, 3.63) is 95.0 Å². The van der Waals surface area contributed by atoms with Crippen LogP contribution in [0.5, 0.6) is 5.75 Å². The van der Waals surface area contributed by atoms with Gasteiger partial charge in [-0.3, -0.25) is 10.1 Å². The van der Waals surface area contributed by atoms with E-state index in [0.29, 0.717) is 12.4 Å². The van der Waals surface area contributed by atoms with Crippen molar-refractivity contribution < 1.29 is 13.8 Å². The summed E-state index contributed by atoms with van der Waals surface area (Å²) < 4.78 is 13.3. The van der Waals surface area contributed by atoms with Gasteiger partial charge >= 0.3 is 8.56 Å². The zero-order valence-corrected chi connectivity index (χ0v) is 19.6. The first-order chi connectivity index (χ1) is 15.7. The van der Waals surface area contributed by atoms with Gasteiger partial charge in [0.1, 0.15) is 5.75 Å². The molecule has 0 aliphatic heterocycles. The second kappa shape index (κ2) is 12.2. The van der Waals surface area contributed by atoms with Crippen LogP contribution in [0.15, 0.2) is 84.9 Å². The van der Waals surface area contributed by atoms with Crippen molar-refractivity contribution in [2.75, 3.05) is 6.61 Å². The van der Waals surface area contributed by atoms with Crippen LogP contribution >= 0.6 is 0 Å². The van der Waals surface area contributed by atoms with E-state index >= 15 is 0 Å². The van der Waals surface area contributed by atoms with E-state index in [9.17, 15) is 10.1 Å². The molecule has 0 heterocycles. The van der Waals surface area contributed by atoms with Gasteiger partial charge in [-0.25, -0.2) is 0 Å². The molecule has 168 valence electrons. The maximum absolute atomic E-state index is 11.1. The van der Waals surface area contributed by atoms with E-state index in [1.807, 2.05) is 60.7 Å². The molecule has 0 fully saturated rings. The molecule has 0 atom stereocenters. The lowest BCUT2D eigenvalue weighted by Crippen LogP contribution is -2.66. The quantitative estimate of drug-likeness (QED) is 0.147. The molecule has 3 aromatic carbocycles. The van der Waals surface area contributed by atoms with Crippen molar-refractivity contribution in [3.8, 4) is 5.75 Å². The molecule has 0 unspecified atom stereocenters. The van der Waals surface area contributed by atoms with Crippen LogP contribution in [0.1, 0.15) is 45.4 Å². The van der Waals surface area contributed by atoms with E-state index in [0.717, 1.165) is 23.2 Å². The number of nitro benzene ring substituents is 1. The number of nitrogens with zero attached hydrogens (tertiary/aromatic N) is 1. The van der Waals surface area contributed by atoms with Crippen LogP contribution in [-0.4, -0.2) is 20.1 Å². The first kappa shape index (κ1) is 23.7. The number of unbranched alkanes of at least 4 members (excludes halogenated alkanes) is 5. The average Bonchev–Trinajstić information content (AvgIpc) is 2.84. The summed E-state index contributed by atoms with van der Waals surface area (Å²) in [5, 5.41) is 13.1. The summed E-state index contributed by atoms with van der Waals surface area (Å²) in [7, 11) is -3.08. The third kappa shape index (κ3) is 6.28. The number of hydrogen-bond acceptors (Lipinski definition) is 4. The minimum Gasteiger partial charge on any atom is -0.514 e. The lowest BCUT2D eigenvalue weighted by Gasteiger charge is -2.32. The molecule has 0 saturated carbocycles. The van der Waals surface area contributed by atoms with E-state index < -0.39 is 13.5 Å². The average molecular weight is 450 g/mol. The van der Waals surface area contributed by atoms with E-state index in [1.54, 1.807) is 12.1 Å². The number of benzene rings is 3. The Balaban J connectivity index is 1.89. The van der Waals surface area contributed by atoms with Gasteiger partial charge in [-0.1, -0.05) is 99.7 Å². The third-order valence-electron chi connectivity index (χ3n) is 5.42. The fourth-order valence-corrected chi connectivity index (χ4v) is 6.82. The second-order valence-corrected chi connectivity index (χ2v) is 10.7. The maximum Gasteiger partial charge on any atom is 0.468 e. The Kier molecular flexibility index (Phi) is 9.01. The van der Waals surface area contributed by atoms with Gasteiger partial charge in [0.05, 0.1) is 4.92 Å². The van der Waals surface area contributed by atoms with Crippen LogP contribution in [0.2, 0.25) is 0 Å². The molecule has 32 heavy (non-hydrogen) atoms. The fourth-order valence-electron chi connectivity index (χ4n) is 3.70. The number of hydrogen-bond donors (Lipinski definition) is 0. The molecule has 0 radical (unpaired) electrons. The predicted octanol–water partition coefficient (Wildman–Crippen LogP) is 5.61. The molecule has 0 N–H and O–H groups in total. The van der Waals surface area contributed by atoms with E-state index in [1.165, 1.54) is 37.8 Å². The Bertz CT molecular complexity index is 909. The molecular weight excluding hydrogens is 418 g/mol. The van der Waals surface area contributed by atoms with Crippen LogP contribution < -0.4 is 14.8 Å². The Morgan fingerprint density at radius 2 is 1.28 bits per heavy atom. The van der Waals surface area contributed by atoms with Crippen LogP contribution in [0.25, 0.3) is 0 Å². The minimum absolute atomic E-state index is 0.0389. The van der Waals surface area contributed by atoms with Crippen molar-refractivity contribution >= 4 is 24.6 Å². The van der Waals surface area contributed by atoms with Crippen LogP contribution in [0, 0.1) is 10.1 Å². The molecule has 6 heteroatoms. The molecule has 0 aliphatic rings. The highest BCUT2D eigenvalue weighted by Crippen LogP contribution is 2.22. The van der Waals surface area contributed by atoms with Crippen molar-refractivity contribution in [2.24, 2.45) is 0 Å². The highest BCUT2D eigenvalue weighted by molar-refractivity contribution is 6.93. The van der Waals surface area contributed by atoms with Crippen molar-refractivity contribution in [3.63, 3.8) is 0 Å². The molecular formula is C26H31NO4Si. The Morgan fingerprint density at radius 3 is 1.81 bits per heavy atom. The van der Waals surface area contributed by atoms with Gasteiger partial charge in [-0.05, 0) is 18.6 Å². The first-order valence-corrected chi connectivity index (χ1v) is 13.2. The SMILES string of the molecule is CCCCCCCCO[Si](Oc1ccc([N+](=O)[O-])cc1)(c1ccccc1)c1ccccc1. The maximum atomic E-state index is 11.1.